The van der Waals surface area contributed by atoms with Crippen molar-refractivity contribution in [1.29, 1.82) is 0 Å². The number of anilines is 1. The number of rotatable bonds is 7. The number of nitrogens with two attached hydrogens (primary N) is 1. The van der Waals surface area contributed by atoms with E-state index in [4.69, 9.17) is 5.73 Å². The Hall–Kier alpha value is -1.42. The fourth-order valence-corrected chi connectivity index (χ4v) is 2.76. The monoisotopic (exact) mass is 277 g/mol. The van der Waals surface area contributed by atoms with Crippen molar-refractivity contribution >= 4 is 11.7 Å². The van der Waals surface area contributed by atoms with E-state index >= 15 is 0 Å². The van der Waals surface area contributed by atoms with E-state index in [2.05, 4.69) is 24.1 Å². The fourth-order valence-electron chi connectivity index (χ4n) is 2.76. The SMILES string of the molecule is CCCC(CN)(CCC)C(=O)Nc1cc(C)cc(C)n1. The quantitative estimate of drug-likeness (QED) is 0.804. The molecular weight excluding hydrogens is 250 g/mol. The molecule has 20 heavy (non-hydrogen) atoms. The van der Waals surface area contributed by atoms with Crippen LogP contribution < -0.4 is 11.1 Å². The number of aromatic nitrogens is 1. The molecule has 1 aromatic rings. The van der Waals surface area contributed by atoms with Gasteiger partial charge in [-0.25, -0.2) is 4.98 Å². The van der Waals surface area contributed by atoms with Crippen LogP contribution in [-0.2, 0) is 4.79 Å². The molecule has 0 aliphatic carbocycles. The maximum Gasteiger partial charge on any atom is 0.233 e. The van der Waals surface area contributed by atoms with E-state index in [1.807, 2.05) is 26.0 Å². The third-order valence-electron chi connectivity index (χ3n) is 3.67. The second-order valence-electron chi connectivity index (χ2n) is 5.61. The summed E-state index contributed by atoms with van der Waals surface area (Å²) >= 11 is 0. The Labute approximate surface area is 122 Å². The summed E-state index contributed by atoms with van der Waals surface area (Å²) < 4.78 is 0. The fraction of sp³-hybridized carbons (Fsp3) is 0.625. The molecule has 4 nitrogen and oxygen atoms in total. The molecule has 0 spiro atoms. The molecule has 4 heteroatoms. The van der Waals surface area contributed by atoms with Gasteiger partial charge < -0.3 is 11.1 Å². The van der Waals surface area contributed by atoms with E-state index in [9.17, 15) is 4.79 Å². The van der Waals surface area contributed by atoms with Crippen LogP contribution in [0, 0.1) is 19.3 Å². The van der Waals surface area contributed by atoms with Gasteiger partial charge in [0.25, 0.3) is 0 Å². The Morgan fingerprint density at radius 2 is 1.85 bits per heavy atom. The van der Waals surface area contributed by atoms with Crippen molar-refractivity contribution < 1.29 is 4.79 Å². The molecule has 1 amide bonds. The molecule has 1 aromatic heterocycles. The van der Waals surface area contributed by atoms with Gasteiger partial charge in [0.05, 0.1) is 5.41 Å². The number of pyridine rings is 1. The first-order valence-corrected chi connectivity index (χ1v) is 7.44. The molecule has 0 saturated carbocycles. The summed E-state index contributed by atoms with van der Waals surface area (Å²) in [7, 11) is 0. The summed E-state index contributed by atoms with van der Waals surface area (Å²) in [6.45, 7) is 8.48. The summed E-state index contributed by atoms with van der Waals surface area (Å²) in [6.07, 6.45) is 3.53. The lowest BCUT2D eigenvalue weighted by molar-refractivity contribution is -0.126. The van der Waals surface area contributed by atoms with E-state index in [0.29, 0.717) is 12.4 Å². The number of hydrogen-bond acceptors (Lipinski definition) is 3. The number of carbonyl (C=O) groups excluding carboxylic acids is 1. The van der Waals surface area contributed by atoms with Crippen LogP contribution >= 0.6 is 0 Å². The third-order valence-corrected chi connectivity index (χ3v) is 3.67. The minimum atomic E-state index is -0.469. The Morgan fingerprint density at radius 3 is 2.30 bits per heavy atom. The average molecular weight is 277 g/mol. The molecule has 0 bridgehead atoms. The lowest BCUT2D eigenvalue weighted by atomic mass is 9.78. The van der Waals surface area contributed by atoms with Gasteiger partial charge in [-0.3, -0.25) is 4.79 Å². The lowest BCUT2D eigenvalue weighted by Gasteiger charge is -2.30. The van der Waals surface area contributed by atoms with Crippen LogP contribution in [0.3, 0.4) is 0 Å². The highest BCUT2D eigenvalue weighted by Gasteiger charge is 2.35. The smallest absolute Gasteiger partial charge is 0.233 e. The zero-order valence-electron chi connectivity index (χ0n) is 13.1. The molecular formula is C16H27N3O. The minimum absolute atomic E-state index is 0.00111. The maximum absolute atomic E-state index is 12.6. The number of nitrogens with zero attached hydrogens (tertiary/aromatic N) is 1. The van der Waals surface area contributed by atoms with Gasteiger partial charge in [-0.1, -0.05) is 26.7 Å². The van der Waals surface area contributed by atoms with Gasteiger partial charge in [0.15, 0.2) is 0 Å². The predicted molar refractivity (Wildman–Crippen MR) is 83.6 cm³/mol. The largest absolute Gasteiger partial charge is 0.329 e. The van der Waals surface area contributed by atoms with Gasteiger partial charge in [0.1, 0.15) is 5.82 Å². The van der Waals surface area contributed by atoms with E-state index in [0.717, 1.165) is 36.9 Å². The Bertz CT molecular complexity index is 431. The number of amides is 1. The van der Waals surface area contributed by atoms with Crippen molar-refractivity contribution in [3.05, 3.63) is 23.4 Å². The van der Waals surface area contributed by atoms with Crippen LogP contribution in [0.15, 0.2) is 12.1 Å². The first-order chi connectivity index (χ1) is 9.47. The highest BCUT2D eigenvalue weighted by atomic mass is 16.2. The minimum Gasteiger partial charge on any atom is -0.329 e. The van der Waals surface area contributed by atoms with Gasteiger partial charge in [0, 0.05) is 12.2 Å². The van der Waals surface area contributed by atoms with Crippen molar-refractivity contribution in [3.63, 3.8) is 0 Å². The van der Waals surface area contributed by atoms with E-state index in [-0.39, 0.29) is 5.91 Å². The Morgan fingerprint density at radius 1 is 1.25 bits per heavy atom. The van der Waals surface area contributed by atoms with Gasteiger partial charge in [0.2, 0.25) is 5.91 Å². The summed E-state index contributed by atoms with van der Waals surface area (Å²) in [5.41, 5.74) is 7.45. The second-order valence-corrected chi connectivity index (χ2v) is 5.61. The summed E-state index contributed by atoms with van der Waals surface area (Å²) in [5, 5.41) is 2.96. The summed E-state index contributed by atoms with van der Waals surface area (Å²) in [4.78, 5) is 17.0. The van der Waals surface area contributed by atoms with Gasteiger partial charge >= 0.3 is 0 Å². The molecule has 112 valence electrons. The molecule has 0 fully saturated rings. The number of carbonyl (C=O) groups is 1. The van der Waals surface area contributed by atoms with Gasteiger partial charge in [-0.05, 0) is 44.4 Å². The number of aryl methyl sites for hydroxylation is 2. The highest BCUT2D eigenvalue weighted by molar-refractivity contribution is 5.94. The zero-order chi connectivity index (χ0) is 15.2. The van der Waals surface area contributed by atoms with Crippen molar-refractivity contribution in [2.75, 3.05) is 11.9 Å². The second kappa shape index (κ2) is 7.39. The highest BCUT2D eigenvalue weighted by Crippen LogP contribution is 2.30. The van der Waals surface area contributed by atoms with E-state index in [1.165, 1.54) is 0 Å². The van der Waals surface area contributed by atoms with Crippen molar-refractivity contribution in [2.24, 2.45) is 11.1 Å². The number of nitrogens with one attached hydrogen (secondary N) is 1. The van der Waals surface area contributed by atoms with Crippen LogP contribution in [0.1, 0.15) is 50.8 Å². The first kappa shape index (κ1) is 16.6. The molecule has 1 heterocycles. The molecule has 3 N–H and O–H groups in total. The van der Waals surface area contributed by atoms with E-state index in [1.54, 1.807) is 0 Å². The maximum atomic E-state index is 12.6. The summed E-state index contributed by atoms with van der Waals surface area (Å²) in [6, 6.07) is 3.88. The van der Waals surface area contributed by atoms with Crippen LogP contribution in [-0.4, -0.2) is 17.4 Å². The molecule has 0 radical (unpaired) electrons. The molecule has 0 saturated heterocycles. The molecule has 0 aliphatic rings. The average Bonchev–Trinajstić information content (AvgIpc) is 2.36. The normalized spacial score (nSPS) is 11.4. The molecule has 0 aliphatic heterocycles. The zero-order valence-corrected chi connectivity index (χ0v) is 13.1. The standard InChI is InChI=1S/C16H27N3O/c1-5-7-16(11-17,8-6-2)15(20)19-14-10-12(3)9-13(4)18-14/h9-10H,5-8,11,17H2,1-4H3,(H,18,19,20). The Balaban J connectivity index is 2.95. The van der Waals surface area contributed by atoms with E-state index < -0.39 is 5.41 Å². The van der Waals surface area contributed by atoms with Crippen molar-refractivity contribution in [3.8, 4) is 0 Å². The van der Waals surface area contributed by atoms with Crippen LogP contribution in [0.25, 0.3) is 0 Å². The van der Waals surface area contributed by atoms with Gasteiger partial charge in [-0.2, -0.15) is 0 Å². The van der Waals surface area contributed by atoms with Gasteiger partial charge in [-0.15, -0.1) is 0 Å². The van der Waals surface area contributed by atoms with Crippen LogP contribution in [0.4, 0.5) is 5.82 Å². The molecule has 0 unspecified atom stereocenters. The van der Waals surface area contributed by atoms with Crippen LogP contribution in [0.2, 0.25) is 0 Å². The van der Waals surface area contributed by atoms with Crippen molar-refractivity contribution in [1.82, 2.24) is 4.98 Å². The topological polar surface area (TPSA) is 68.0 Å². The Kier molecular flexibility index (Phi) is 6.14. The third kappa shape index (κ3) is 4.04. The number of hydrogen-bond donors (Lipinski definition) is 2. The van der Waals surface area contributed by atoms with Crippen LogP contribution in [0.5, 0.6) is 0 Å². The lowest BCUT2D eigenvalue weighted by Crippen LogP contribution is -2.42. The predicted octanol–water partition coefficient (Wildman–Crippen LogP) is 3.18. The first-order valence-electron chi connectivity index (χ1n) is 7.44. The molecule has 1 rings (SSSR count). The summed E-state index contributed by atoms with van der Waals surface area (Å²) in [5.74, 6) is 0.624. The molecule has 0 atom stereocenters. The molecule has 0 aromatic carbocycles. The van der Waals surface area contributed by atoms with Crippen molar-refractivity contribution in [2.45, 2.75) is 53.4 Å².